The number of hydrogen-bond donors (Lipinski definition) is 1. The van der Waals surface area contributed by atoms with Crippen molar-refractivity contribution < 1.29 is 9.53 Å². The molecule has 1 unspecified atom stereocenters. The predicted octanol–water partition coefficient (Wildman–Crippen LogP) is 3.74. The Hall–Kier alpha value is -1.91. The van der Waals surface area contributed by atoms with Crippen molar-refractivity contribution in [2.24, 2.45) is 5.92 Å². The number of ether oxygens (including phenoxy) is 1. The summed E-state index contributed by atoms with van der Waals surface area (Å²) in [6.45, 7) is 9.72. The number of carbonyl (C=O) groups excluding carboxylic acids is 1. The lowest BCUT2D eigenvalue weighted by atomic mass is 10.0. The van der Waals surface area contributed by atoms with E-state index in [1.165, 1.54) is 12.8 Å². The maximum absolute atomic E-state index is 12.4. The summed E-state index contributed by atoms with van der Waals surface area (Å²) in [7, 11) is 1.70. The predicted molar refractivity (Wildman–Crippen MR) is 103 cm³/mol. The zero-order chi connectivity index (χ0) is 18.2. The number of methoxy groups -OCH3 is 1. The van der Waals surface area contributed by atoms with Crippen LogP contribution in [0.5, 0.6) is 5.75 Å². The first kappa shape index (κ1) is 19.4. The van der Waals surface area contributed by atoms with E-state index in [1.807, 2.05) is 23.1 Å². The summed E-state index contributed by atoms with van der Waals surface area (Å²) in [5, 5.41) is 3.14. The molecule has 0 aliphatic carbocycles. The van der Waals surface area contributed by atoms with Gasteiger partial charge in [-0.05, 0) is 31.4 Å². The Bertz CT molecular complexity index is 539. The number of carbonyl (C=O) groups is 1. The zero-order valence-electron chi connectivity index (χ0n) is 16.1. The minimum Gasteiger partial charge on any atom is -0.495 e. The molecule has 2 rings (SSSR count). The fraction of sp³-hybridized carbons (Fsp3) is 0.650. The van der Waals surface area contributed by atoms with Crippen molar-refractivity contribution in [3.63, 3.8) is 0 Å². The standard InChI is InChI=1S/C20H33N3O2/c1-16(2)8-7-9-17(3)21-20(24)23-14-12-22(13-15-23)18-10-5-6-11-19(18)25-4/h5-6,10-11,16-17H,7-9,12-15H2,1-4H3,(H,21,24). The Morgan fingerprint density at radius 1 is 1.12 bits per heavy atom. The van der Waals surface area contributed by atoms with Gasteiger partial charge in [-0.1, -0.05) is 38.8 Å². The highest BCUT2D eigenvalue weighted by molar-refractivity contribution is 5.75. The number of hydrogen-bond acceptors (Lipinski definition) is 3. The van der Waals surface area contributed by atoms with E-state index in [2.05, 4.69) is 37.1 Å². The molecular formula is C20H33N3O2. The number of urea groups is 1. The van der Waals surface area contributed by atoms with Crippen LogP contribution >= 0.6 is 0 Å². The molecule has 1 aliphatic rings. The number of amides is 2. The lowest BCUT2D eigenvalue weighted by molar-refractivity contribution is 0.190. The minimum absolute atomic E-state index is 0.0664. The van der Waals surface area contributed by atoms with Crippen LogP contribution < -0.4 is 15.0 Å². The molecule has 1 atom stereocenters. The molecule has 0 spiro atoms. The molecule has 5 nitrogen and oxygen atoms in total. The maximum Gasteiger partial charge on any atom is 0.317 e. The van der Waals surface area contributed by atoms with Gasteiger partial charge >= 0.3 is 6.03 Å². The first-order chi connectivity index (χ1) is 12.0. The largest absolute Gasteiger partial charge is 0.495 e. The van der Waals surface area contributed by atoms with Crippen molar-refractivity contribution in [3.05, 3.63) is 24.3 Å². The van der Waals surface area contributed by atoms with E-state index in [1.54, 1.807) is 7.11 Å². The van der Waals surface area contributed by atoms with Gasteiger partial charge in [-0.2, -0.15) is 0 Å². The topological polar surface area (TPSA) is 44.8 Å². The SMILES string of the molecule is COc1ccccc1N1CCN(C(=O)NC(C)CCCC(C)C)CC1. The van der Waals surface area contributed by atoms with Crippen molar-refractivity contribution in [1.82, 2.24) is 10.2 Å². The zero-order valence-corrected chi connectivity index (χ0v) is 16.1. The van der Waals surface area contributed by atoms with Crippen LogP contribution in [0.1, 0.15) is 40.0 Å². The third-order valence-corrected chi connectivity index (χ3v) is 4.78. The van der Waals surface area contributed by atoms with Gasteiger partial charge in [-0.25, -0.2) is 4.79 Å². The molecule has 25 heavy (non-hydrogen) atoms. The molecule has 1 aliphatic heterocycles. The van der Waals surface area contributed by atoms with Crippen molar-refractivity contribution >= 4 is 11.7 Å². The van der Waals surface area contributed by atoms with Crippen LogP contribution in [0.2, 0.25) is 0 Å². The van der Waals surface area contributed by atoms with E-state index in [9.17, 15) is 4.79 Å². The number of benzene rings is 1. The third kappa shape index (κ3) is 5.83. The summed E-state index contributed by atoms with van der Waals surface area (Å²) >= 11 is 0. The fourth-order valence-corrected chi connectivity index (χ4v) is 3.25. The number of rotatable bonds is 7. The van der Waals surface area contributed by atoms with Gasteiger partial charge in [0.05, 0.1) is 12.8 Å². The Balaban J connectivity index is 1.78. The Morgan fingerprint density at radius 2 is 1.80 bits per heavy atom. The summed E-state index contributed by atoms with van der Waals surface area (Å²) in [5.41, 5.74) is 1.10. The number of anilines is 1. The quantitative estimate of drug-likeness (QED) is 0.817. The van der Waals surface area contributed by atoms with Crippen LogP contribution in [0.25, 0.3) is 0 Å². The van der Waals surface area contributed by atoms with Gasteiger partial charge in [0, 0.05) is 32.2 Å². The second-order valence-corrected chi connectivity index (χ2v) is 7.32. The molecule has 1 N–H and O–H groups in total. The smallest absolute Gasteiger partial charge is 0.317 e. The highest BCUT2D eigenvalue weighted by atomic mass is 16.5. The van der Waals surface area contributed by atoms with Gasteiger partial charge in [-0.15, -0.1) is 0 Å². The lowest BCUT2D eigenvalue weighted by Gasteiger charge is -2.37. The molecule has 1 heterocycles. The summed E-state index contributed by atoms with van der Waals surface area (Å²) in [6.07, 6.45) is 3.43. The number of para-hydroxylation sites is 2. The second-order valence-electron chi connectivity index (χ2n) is 7.32. The molecule has 0 aromatic heterocycles. The molecule has 0 bridgehead atoms. The molecule has 0 radical (unpaired) electrons. The number of piperazine rings is 1. The molecule has 1 aromatic carbocycles. The second kappa shape index (κ2) is 9.54. The summed E-state index contributed by atoms with van der Waals surface area (Å²) in [6, 6.07) is 8.36. The third-order valence-electron chi connectivity index (χ3n) is 4.78. The average molecular weight is 348 g/mol. The average Bonchev–Trinajstić information content (AvgIpc) is 2.61. The van der Waals surface area contributed by atoms with Crippen LogP contribution in [-0.4, -0.2) is 50.3 Å². The van der Waals surface area contributed by atoms with E-state index < -0.39 is 0 Å². The van der Waals surface area contributed by atoms with E-state index in [0.29, 0.717) is 0 Å². The first-order valence-electron chi connectivity index (χ1n) is 9.44. The van der Waals surface area contributed by atoms with Gasteiger partial charge < -0.3 is 19.9 Å². The van der Waals surface area contributed by atoms with Crippen molar-refractivity contribution in [2.45, 2.75) is 46.1 Å². The van der Waals surface area contributed by atoms with Gasteiger partial charge in [0.1, 0.15) is 5.75 Å². The van der Waals surface area contributed by atoms with E-state index >= 15 is 0 Å². The van der Waals surface area contributed by atoms with E-state index in [0.717, 1.165) is 50.0 Å². The minimum atomic E-state index is 0.0664. The molecule has 0 saturated carbocycles. The van der Waals surface area contributed by atoms with Crippen LogP contribution in [0.4, 0.5) is 10.5 Å². The molecule has 1 saturated heterocycles. The molecule has 5 heteroatoms. The lowest BCUT2D eigenvalue weighted by Crippen LogP contribution is -2.53. The molecule has 140 valence electrons. The molecule has 2 amide bonds. The van der Waals surface area contributed by atoms with Crippen LogP contribution in [0.3, 0.4) is 0 Å². The monoisotopic (exact) mass is 347 g/mol. The van der Waals surface area contributed by atoms with Gasteiger partial charge in [0.15, 0.2) is 0 Å². The summed E-state index contributed by atoms with van der Waals surface area (Å²) in [4.78, 5) is 16.7. The highest BCUT2D eigenvalue weighted by Crippen LogP contribution is 2.28. The van der Waals surface area contributed by atoms with E-state index in [-0.39, 0.29) is 12.1 Å². The number of nitrogens with zero attached hydrogens (tertiary/aromatic N) is 2. The Morgan fingerprint density at radius 3 is 2.44 bits per heavy atom. The fourth-order valence-electron chi connectivity index (χ4n) is 3.25. The van der Waals surface area contributed by atoms with E-state index in [4.69, 9.17) is 4.74 Å². The highest BCUT2D eigenvalue weighted by Gasteiger charge is 2.23. The van der Waals surface area contributed by atoms with Gasteiger partial charge in [0.25, 0.3) is 0 Å². The van der Waals surface area contributed by atoms with Crippen molar-refractivity contribution in [3.8, 4) is 5.75 Å². The Labute approximate surface area is 152 Å². The maximum atomic E-state index is 12.4. The molecule has 1 fully saturated rings. The van der Waals surface area contributed by atoms with Crippen molar-refractivity contribution in [1.29, 1.82) is 0 Å². The first-order valence-corrected chi connectivity index (χ1v) is 9.44. The van der Waals surface area contributed by atoms with Crippen LogP contribution in [0, 0.1) is 5.92 Å². The molecule has 1 aromatic rings. The van der Waals surface area contributed by atoms with Crippen molar-refractivity contribution in [2.75, 3.05) is 38.2 Å². The summed E-state index contributed by atoms with van der Waals surface area (Å²) < 4.78 is 5.45. The van der Waals surface area contributed by atoms with Crippen LogP contribution in [-0.2, 0) is 0 Å². The molecular weight excluding hydrogens is 314 g/mol. The van der Waals surface area contributed by atoms with Crippen LogP contribution in [0.15, 0.2) is 24.3 Å². The summed E-state index contributed by atoms with van der Waals surface area (Å²) in [5.74, 6) is 1.62. The van der Waals surface area contributed by atoms with Gasteiger partial charge in [-0.3, -0.25) is 0 Å². The normalized spacial score (nSPS) is 16.0. The van der Waals surface area contributed by atoms with Gasteiger partial charge in [0.2, 0.25) is 0 Å². The Kier molecular flexibility index (Phi) is 7.41. The number of nitrogens with one attached hydrogen (secondary N) is 1.